The molecule has 1 rings (SSSR count). The topological polar surface area (TPSA) is 93.7 Å². The van der Waals surface area contributed by atoms with Gasteiger partial charge < -0.3 is 20.1 Å². The maximum atomic E-state index is 12.7. The minimum absolute atomic E-state index is 0.121. The first-order valence-corrected chi connectivity index (χ1v) is 9.87. The summed E-state index contributed by atoms with van der Waals surface area (Å²) in [6.07, 6.45) is 3.61. The Hall–Kier alpha value is -2.57. The molecule has 0 aliphatic rings. The van der Waals surface area contributed by atoms with Gasteiger partial charge in [0.25, 0.3) is 0 Å². The minimum Gasteiger partial charge on any atom is -0.467 e. The van der Waals surface area contributed by atoms with Crippen LogP contribution in [0.25, 0.3) is 0 Å². The van der Waals surface area contributed by atoms with Crippen LogP contribution >= 0.6 is 0 Å². The summed E-state index contributed by atoms with van der Waals surface area (Å²) in [6, 6.07) is 7.81. The highest BCUT2D eigenvalue weighted by Gasteiger charge is 2.27. The van der Waals surface area contributed by atoms with E-state index in [1.807, 2.05) is 44.2 Å². The van der Waals surface area contributed by atoms with Crippen molar-refractivity contribution in [3.8, 4) is 0 Å². The van der Waals surface area contributed by atoms with Gasteiger partial charge in [-0.15, -0.1) is 0 Å². The van der Waals surface area contributed by atoms with E-state index in [1.165, 1.54) is 7.11 Å². The lowest BCUT2D eigenvalue weighted by atomic mass is 10.1. The number of amides is 2. The zero-order valence-corrected chi connectivity index (χ0v) is 17.0. The molecule has 0 aromatic heterocycles. The molecule has 2 N–H and O–H groups in total. The smallest absolute Gasteiger partial charge is 0.408 e. The average Bonchev–Trinajstić information content (AvgIpc) is 2.72. The summed E-state index contributed by atoms with van der Waals surface area (Å²) >= 11 is 0. The normalized spacial score (nSPS) is 12.5. The minimum atomic E-state index is -0.767. The van der Waals surface area contributed by atoms with E-state index in [1.54, 1.807) is 0 Å². The summed E-state index contributed by atoms with van der Waals surface area (Å²) < 4.78 is 9.98. The van der Waals surface area contributed by atoms with Gasteiger partial charge in [0.05, 0.1) is 7.11 Å². The van der Waals surface area contributed by atoms with E-state index >= 15 is 0 Å². The first-order chi connectivity index (χ1) is 13.5. The molecule has 0 aliphatic heterocycles. The van der Waals surface area contributed by atoms with Crippen LogP contribution in [0.15, 0.2) is 30.3 Å². The second kappa shape index (κ2) is 13.6. The molecule has 0 aliphatic carbocycles. The standard InChI is InChI=1S/C21H32N2O5/c1-4-6-13-17(19(24)22-18(14-7-5-2)20(25)27-3)23-21(26)28-15-16-11-9-8-10-12-16/h8-12,17-18H,4-7,13-15H2,1-3H3,(H,22,24)(H,23,26)/t17-,18+/m1/s1. The van der Waals surface area contributed by atoms with Gasteiger partial charge in [0, 0.05) is 0 Å². The maximum Gasteiger partial charge on any atom is 0.408 e. The third-order valence-electron chi connectivity index (χ3n) is 4.32. The van der Waals surface area contributed by atoms with Crippen LogP contribution in [0.2, 0.25) is 0 Å². The summed E-state index contributed by atoms with van der Waals surface area (Å²) in [5.74, 6) is -0.890. The van der Waals surface area contributed by atoms with Crippen molar-refractivity contribution in [2.45, 2.75) is 71.1 Å². The molecular weight excluding hydrogens is 360 g/mol. The largest absolute Gasteiger partial charge is 0.467 e. The summed E-state index contributed by atoms with van der Waals surface area (Å²) in [5.41, 5.74) is 0.859. The van der Waals surface area contributed by atoms with Crippen molar-refractivity contribution < 1.29 is 23.9 Å². The fourth-order valence-corrected chi connectivity index (χ4v) is 2.66. The molecule has 7 nitrogen and oxygen atoms in total. The maximum absolute atomic E-state index is 12.7. The fourth-order valence-electron chi connectivity index (χ4n) is 2.66. The van der Waals surface area contributed by atoms with E-state index in [0.717, 1.165) is 31.2 Å². The summed E-state index contributed by atoms with van der Waals surface area (Å²) in [5, 5.41) is 5.32. The van der Waals surface area contributed by atoms with Crippen LogP contribution in [-0.4, -0.2) is 37.2 Å². The second-order valence-electron chi connectivity index (χ2n) is 6.63. The first kappa shape index (κ1) is 23.5. The molecule has 1 aromatic rings. The summed E-state index contributed by atoms with van der Waals surface area (Å²) in [6.45, 7) is 4.13. The second-order valence-corrected chi connectivity index (χ2v) is 6.63. The number of alkyl carbamates (subject to hydrolysis) is 1. The SMILES string of the molecule is CCCC[C@H](NC(=O)[C@@H](CCCC)NC(=O)OCc1ccccc1)C(=O)OC. The Balaban J connectivity index is 2.66. The number of esters is 1. The molecule has 2 atom stereocenters. The van der Waals surface area contributed by atoms with E-state index in [-0.39, 0.29) is 6.61 Å². The highest BCUT2D eigenvalue weighted by atomic mass is 16.5. The molecule has 28 heavy (non-hydrogen) atoms. The number of methoxy groups -OCH3 is 1. The third-order valence-corrected chi connectivity index (χ3v) is 4.32. The highest BCUT2D eigenvalue weighted by Crippen LogP contribution is 2.07. The number of hydrogen-bond donors (Lipinski definition) is 2. The van der Waals surface area contributed by atoms with Crippen molar-refractivity contribution in [3.63, 3.8) is 0 Å². The van der Waals surface area contributed by atoms with E-state index in [0.29, 0.717) is 12.8 Å². The molecule has 0 radical (unpaired) electrons. The van der Waals surface area contributed by atoms with Crippen LogP contribution in [-0.2, 0) is 25.7 Å². The molecular formula is C21H32N2O5. The van der Waals surface area contributed by atoms with Crippen LogP contribution in [0.1, 0.15) is 57.9 Å². The number of ether oxygens (including phenoxy) is 2. The zero-order valence-electron chi connectivity index (χ0n) is 17.0. The molecule has 0 unspecified atom stereocenters. The Morgan fingerprint density at radius 1 is 0.929 bits per heavy atom. The van der Waals surface area contributed by atoms with Gasteiger partial charge in [0.15, 0.2) is 0 Å². The molecule has 2 amide bonds. The average molecular weight is 392 g/mol. The number of hydrogen-bond acceptors (Lipinski definition) is 5. The lowest BCUT2D eigenvalue weighted by molar-refractivity contribution is -0.145. The van der Waals surface area contributed by atoms with E-state index in [4.69, 9.17) is 9.47 Å². The van der Waals surface area contributed by atoms with Gasteiger partial charge in [0.2, 0.25) is 5.91 Å². The van der Waals surface area contributed by atoms with Crippen molar-refractivity contribution in [3.05, 3.63) is 35.9 Å². The van der Waals surface area contributed by atoms with Gasteiger partial charge in [0.1, 0.15) is 18.7 Å². The van der Waals surface area contributed by atoms with Crippen LogP contribution in [0, 0.1) is 0 Å². The monoisotopic (exact) mass is 392 g/mol. The molecule has 0 bridgehead atoms. The van der Waals surface area contributed by atoms with Crippen molar-refractivity contribution in [2.75, 3.05) is 7.11 Å². The molecule has 0 heterocycles. The van der Waals surface area contributed by atoms with Gasteiger partial charge >= 0.3 is 12.1 Å². The molecule has 7 heteroatoms. The number of unbranched alkanes of at least 4 members (excludes halogenated alkanes) is 2. The number of carbonyl (C=O) groups excluding carboxylic acids is 3. The summed E-state index contributed by atoms with van der Waals surface area (Å²) in [4.78, 5) is 36.7. The van der Waals surface area contributed by atoms with Crippen molar-refractivity contribution in [1.82, 2.24) is 10.6 Å². The molecule has 0 fully saturated rings. The molecule has 156 valence electrons. The predicted octanol–water partition coefficient (Wildman–Crippen LogP) is 3.32. The number of nitrogens with one attached hydrogen (secondary N) is 2. The zero-order chi connectivity index (χ0) is 20.8. The Labute approximate surface area is 167 Å². The van der Waals surface area contributed by atoms with Crippen molar-refractivity contribution >= 4 is 18.0 Å². The first-order valence-electron chi connectivity index (χ1n) is 9.87. The quantitative estimate of drug-likeness (QED) is 0.532. The Morgan fingerprint density at radius 3 is 2.11 bits per heavy atom. The summed E-state index contributed by atoms with van der Waals surface area (Å²) in [7, 11) is 1.29. The Bertz CT molecular complexity index is 606. The third kappa shape index (κ3) is 8.88. The van der Waals surface area contributed by atoms with Gasteiger partial charge in [-0.25, -0.2) is 9.59 Å². The van der Waals surface area contributed by atoms with Crippen molar-refractivity contribution in [2.24, 2.45) is 0 Å². The van der Waals surface area contributed by atoms with Crippen LogP contribution in [0.3, 0.4) is 0 Å². The number of rotatable bonds is 12. The van der Waals surface area contributed by atoms with E-state index in [9.17, 15) is 14.4 Å². The van der Waals surface area contributed by atoms with Gasteiger partial charge in [-0.3, -0.25) is 4.79 Å². The Kier molecular flexibility index (Phi) is 11.4. The van der Waals surface area contributed by atoms with Crippen LogP contribution in [0.5, 0.6) is 0 Å². The molecule has 1 aromatic carbocycles. The lowest BCUT2D eigenvalue weighted by Gasteiger charge is -2.22. The predicted molar refractivity (Wildman–Crippen MR) is 107 cm³/mol. The molecule has 0 saturated carbocycles. The molecule has 0 spiro atoms. The fraction of sp³-hybridized carbons (Fsp3) is 0.571. The molecule has 0 saturated heterocycles. The Morgan fingerprint density at radius 2 is 1.54 bits per heavy atom. The van der Waals surface area contributed by atoms with E-state index < -0.39 is 30.1 Å². The number of benzene rings is 1. The van der Waals surface area contributed by atoms with Crippen molar-refractivity contribution in [1.29, 1.82) is 0 Å². The van der Waals surface area contributed by atoms with Crippen LogP contribution in [0.4, 0.5) is 4.79 Å². The van der Waals surface area contributed by atoms with E-state index in [2.05, 4.69) is 10.6 Å². The highest BCUT2D eigenvalue weighted by molar-refractivity contribution is 5.89. The van der Waals surface area contributed by atoms with Gasteiger partial charge in [-0.2, -0.15) is 0 Å². The van der Waals surface area contributed by atoms with Crippen LogP contribution < -0.4 is 10.6 Å². The van der Waals surface area contributed by atoms with Gasteiger partial charge in [-0.05, 0) is 18.4 Å². The van der Waals surface area contributed by atoms with Gasteiger partial charge in [-0.1, -0.05) is 69.9 Å². The lowest BCUT2D eigenvalue weighted by Crippen LogP contribution is -2.51. The number of carbonyl (C=O) groups is 3.